The van der Waals surface area contributed by atoms with Gasteiger partial charge in [-0.25, -0.2) is 4.79 Å². The van der Waals surface area contributed by atoms with Crippen LogP contribution >= 0.6 is 0 Å². The number of aliphatic hydroxyl groups is 1. The molecule has 1 aliphatic rings. The molecule has 0 spiro atoms. The van der Waals surface area contributed by atoms with Crippen LogP contribution in [0, 0.1) is 0 Å². The highest BCUT2D eigenvalue weighted by atomic mass is 16.5. The van der Waals surface area contributed by atoms with E-state index in [1.165, 1.54) is 18.3 Å². The monoisotopic (exact) mass is 210 g/mol. The molecule has 0 aromatic carbocycles. The van der Waals surface area contributed by atoms with E-state index in [0.717, 1.165) is 4.57 Å². The standard InChI is InChI=1S/C9H11N3O3/c1-5-4-6(13)8(15-5)12-3-2-7(10)11-9(12)14/h2-4,6,8,13H,1H3,(H2,10,11,14)/t6-,8-/m1/s1/i1D. The maximum Gasteiger partial charge on any atom is 0.352 e. The summed E-state index contributed by atoms with van der Waals surface area (Å²) in [5.41, 5.74) is 4.75. The highest BCUT2D eigenvalue weighted by Gasteiger charge is 2.28. The van der Waals surface area contributed by atoms with Crippen molar-refractivity contribution in [3.63, 3.8) is 0 Å². The molecular weight excluding hydrogens is 198 g/mol. The normalized spacial score (nSPS) is 25.7. The van der Waals surface area contributed by atoms with Gasteiger partial charge in [0.05, 0.1) is 5.76 Å². The van der Waals surface area contributed by atoms with Crippen LogP contribution in [0.2, 0.25) is 0 Å². The number of aliphatic hydroxyl groups excluding tert-OH is 1. The maximum absolute atomic E-state index is 11.5. The highest BCUT2D eigenvalue weighted by Crippen LogP contribution is 2.24. The van der Waals surface area contributed by atoms with Crippen molar-refractivity contribution in [1.82, 2.24) is 9.55 Å². The lowest BCUT2D eigenvalue weighted by Gasteiger charge is -2.17. The summed E-state index contributed by atoms with van der Waals surface area (Å²) in [6, 6.07) is 1.44. The summed E-state index contributed by atoms with van der Waals surface area (Å²) in [5.74, 6) is 0.448. The second-order valence-electron chi connectivity index (χ2n) is 3.17. The molecule has 0 aliphatic carbocycles. The molecule has 1 aliphatic heterocycles. The fraction of sp³-hybridized carbons (Fsp3) is 0.333. The third-order valence-electron chi connectivity index (χ3n) is 2.05. The van der Waals surface area contributed by atoms with Gasteiger partial charge in [-0.15, -0.1) is 0 Å². The van der Waals surface area contributed by atoms with E-state index in [0.29, 0.717) is 5.76 Å². The fourth-order valence-corrected chi connectivity index (χ4v) is 1.38. The van der Waals surface area contributed by atoms with Crippen LogP contribution < -0.4 is 11.4 Å². The van der Waals surface area contributed by atoms with Crippen molar-refractivity contribution >= 4 is 5.82 Å². The number of allylic oxidation sites excluding steroid dienone is 1. The van der Waals surface area contributed by atoms with Gasteiger partial charge in [-0.1, -0.05) is 0 Å². The van der Waals surface area contributed by atoms with E-state index >= 15 is 0 Å². The van der Waals surface area contributed by atoms with Gasteiger partial charge >= 0.3 is 5.69 Å². The zero-order valence-corrected chi connectivity index (χ0v) is 7.83. The molecule has 0 fully saturated rings. The van der Waals surface area contributed by atoms with E-state index in [4.69, 9.17) is 11.8 Å². The van der Waals surface area contributed by atoms with E-state index in [-0.39, 0.29) is 12.7 Å². The molecule has 6 heteroatoms. The molecule has 2 heterocycles. The lowest BCUT2D eigenvalue weighted by Crippen LogP contribution is -2.32. The first-order chi connectivity index (χ1) is 7.61. The molecule has 6 nitrogen and oxygen atoms in total. The van der Waals surface area contributed by atoms with E-state index < -0.39 is 18.0 Å². The molecule has 1 aromatic rings. The number of ether oxygens (including phenoxy) is 1. The fourth-order valence-electron chi connectivity index (χ4n) is 1.38. The van der Waals surface area contributed by atoms with E-state index in [2.05, 4.69) is 4.98 Å². The van der Waals surface area contributed by atoms with Crippen LogP contribution in [0.3, 0.4) is 0 Å². The van der Waals surface area contributed by atoms with Crippen molar-refractivity contribution in [2.24, 2.45) is 0 Å². The minimum absolute atomic E-state index is 0.0787. The van der Waals surface area contributed by atoms with Crippen LogP contribution in [-0.4, -0.2) is 20.8 Å². The van der Waals surface area contributed by atoms with E-state index in [1.54, 1.807) is 0 Å². The SMILES string of the molecule is [2H]CC1=C[C@@H](O)[C@H](n2ccc(N)nc2=O)O1. The molecular formula is C9H11N3O3. The largest absolute Gasteiger partial charge is 0.472 e. The summed E-state index contributed by atoms with van der Waals surface area (Å²) in [4.78, 5) is 15.0. The zero-order valence-electron chi connectivity index (χ0n) is 8.83. The minimum atomic E-state index is -0.955. The van der Waals surface area contributed by atoms with Crippen molar-refractivity contribution in [3.05, 3.63) is 34.6 Å². The third-order valence-corrected chi connectivity index (χ3v) is 2.05. The quantitative estimate of drug-likeness (QED) is 0.659. The number of aromatic nitrogens is 2. The van der Waals surface area contributed by atoms with Crippen LogP contribution in [0.1, 0.15) is 14.5 Å². The Balaban J connectivity index is 2.30. The van der Waals surface area contributed by atoms with Gasteiger partial charge in [0, 0.05) is 7.57 Å². The van der Waals surface area contributed by atoms with Crippen LogP contribution in [0.15, 0.2) is 28.9 Å². The molecule has 0 radical (unpaired) electrons. The molecule has 0 saturated carbocycles. The Morgan fingerprint density at radius 2 is 2.60 bits per heavy atom. The number of hydrogen-bond acceptors (Lipinski definition) is 5. The predicted molar refractivity (Wildman–Crippen MR) is 52.8 cm³/mol. The van der Waals surface area contributed by atoms with Gasteiger partial charge < -0.3 is 15.6 Å². The molecule has 0 unspecified atom stereocenters. The second-order valence-corrected chi connectivity index (χ2v) is 3.17. The Morgan fingerprint density at radius 3 is 3.20 bits per heavy atom. The van der Waals surface area contributed by atoms with Crippen molar-refractivity contribution in [2.45, 2.75) is 19.2 Å². The molecule has 0 amide bonds. The summed E-state index contributed by atoms with van der Waals surface area (Å²) in [6.45, 7) is -0.0787. The lowest BCUT2D eigenvalue weighted by atomic mass is 10.3. The Labute approximate surface area is 87.0 Å². The molecule has 2 atom stereocenters. The van der Waals surface area contributed by atoms with E-state index in [9.17, 15) is 9.90 Å². The van der Waals surface area contributed by atoms with Gasteiger partial charge in [-0.2, -0.15) is 4.98 Å². The number of nitrogens with two attached hydrogens (primary N) is 1. The van der Waals surface area contributed by atoms with Crippen molar-refractivity contribution in [2.75, 3.05) is 5.73 Å². The Kier molecular flexibility index (Phi) is 1.92. The van der Waals surface area contributed by atoms with Gasteiger partial charge in [-0.3, -0.25) is 4.57 Å². The molecule has 15 heavy (non-hydrogen) atoms. The summed E-state index contributed by atoms with van der Waals surface area (Å²) in [5, 5.41) is 9.63. The Bertz CT molecular complexity index is 485. The van der Waals surface area contributed by atoms with Gasteiger partial charge in [0.1, 0.15) is 11.9 Å². The lowest BCUT2D eigenvalue weighted by molar-refractivity contribution is -0.00201. The van der Waals surface area contributed by atoms with Crippen LogP contribution in [0.4, 0.5) is 5.82 Å². The molecule has 2 rings (SSSR count). The number of anilines is 1. The van der Waals surface area contributed by atoms with Crippen molar-refractivity contribution in [1.29, 1.82) is 0 Å². The summed E-state index contributed by atoms with van der Waals surface area (Å²) in [7, 11) is 0. The number of rotatable bonds is 1. The average Bonchev–Trinajstić information content (AvgIpc) is 2.60. The second kappa shape index (κ2) is 3.39. The smallest absolute Gasteiger partial charge is 0.352 e. The van der Waals surface area contributed by atoms with Crippen LogP contribution in [-0.2, 0) is 4.74 Å². The minimum Gasteiger partial charge on any atom is -0.472 e. The summed E-state index contributed by atoms with van der Waals surface area (Å²) >= 11 is 0. The van der Waals surface area contributed by atoms with Crippen molar-refractivity contribution in [3.8, 4) is 0 Å². The van der Waals surface area contributed by atoms with E-state index in [1.807, 2.05) is 0 Å². The average molecular weight is 210 g/mol. The highest BCUT2D eigenvalue weighted by molar-refractivity contribution is 5.23. The van der Waals surface area contributed by atoms with Gasteiger partial charge in [0.15, 0.2) is 0 Å². The first kappa shape index (κ1) is 8.49. The van der Waals surface area contributed by atoms with Crippen LogP contribution in [0.5, 0.6) is 0 Å². The molecule has 80 valence electrons. The van der Waals surface area contributed by atoms with Gasteiger partial charge in [-0.05, 0) is 19.0 Å². The summed E-state index contributed by atoms with van der Waals surface area (Å²) < 4.78 is 13.5. The Morgan fingerprint density at radius 1 is 1.80 bits per heavy atom. The first-order valence-corrected chi connectivity index (χ1v) is 4.31. The maximum atomic E-state index is 11.5. The topological polar surface area (TPSA) is 90.4 Å². The van der Waals surface area contributed by atoms with Crippen molar-refractivity contribution < 1.29 is 11.2 Å². The van der Waals surface area contributed by atoms with Crippen LogP contribution in [0.25, 0.3) is 0 Å². The van der Waals surface area contributed by atoms with Gasteiger partial charge in [0.25, 0.3) is 0 Å². The number of nitrogens with zero attached hydrogens (tertiary/aromatic N) is 2. The third kappa shape index (κ3) is 1.71. The summed E-state index contributed by atoms with van der Waals surface area (Å²) in [6.07, 6.45) is 0.990. The van der Waals surface area contributed by atoms with Gasteiger partial charge in [0.2, 0.25) is 6.23 Å². The molecule has 3 N–H and O–H groups in total. The zero-order chi connectivity index (χ0) is 11.7. The molecule has 1 aromatic heterocycles. The molecule has 0 saturated heterocycles. The predicted octanol–water partition coefficient (Wildman–Crippen LogP) is -0.381. The number of hydrogen-bond donors (Lipinski definition) is 2. The molecule has 0 bridgehead atoms. The first-order valence-electron chi connectivity index (χ1n) is 5.02. The number of nitrogen functional groups attached to an aromatic ring is 1. The Hall–Kier alpha value is -1.82.